The molecule has 0 aromatic heterocycles. The molecule has 16 heavy (non-hydrogen) atoms. The zero-order valence-electron chi connectivity index (χ0n) is 10.3. The second kappa shape index (κ2) is 7.60. The number of rotatable bonds is 9. The molecular weight excluding hydrogens is 206 g/mol. The third kappa shape index (κ3) is 6.76. The number of hydrogen-bond acceptors (Lipinski definition) is 4. The van der Waals surface area contributed by atoms with Crippen molar-refractivity contribution in [2.45, 2.75) is 18.9 Å². The van der Waals surface area contributed by atoms with Crippen LogP contribution in [0.4, 0.5) is 0 Å². The van der Waals surface area contributed by atoms with Crippen molar-refractivity contribution in [1.82, 2.24) is 15.5 Å². The maximum atomic E-state index is 11.3. The van der Waals surface area contributed by atoms with E-state index in [0.29, 0.717) is 12.6 Å². The van der Waals surface area contributed by atoms with Crippen molar-refractivity contribution in [3.8, 4) is 0 Å². The molecule has 94 valence electrons. The molecule has 0 unspecified atom stereocenters. The number of ether oxygens (including phenoxy) is 1. The lowest BCUT2D eigenvalue weighted by Gasteiger charge is -2.16. The Kier molecular flexibility index (Phi) is 6.37. The fourth-order valence-corrected chi connectivity index (χ4v) is 1.34. The molecule has 0 aromatic carbocycles. The smallest absolute Gasteiger partial charge is 0.234 e. The second-order valence-corrected chi connectivity index (χ2v) is 4.31. The fraction of sp³-hybridized carbons (Fsp3) is 0.909. The Morgan fingerprint density at radius 3 is 2.81 bits per heavy atom. The maximum absolute atomic E-state index is 11.3. The average molecular weight is 229 g/mol. The van der Waals surface area contributed by atoms with Crippen LogP contribution in [0.2, 0.25) is 0 Å². The number of nitrogens with one attached hydrogen (secondary N) is 2. The summed E-state index contributed by atoms with van der Waals surface area (Å²) in [6, 6.07) is 0.457. The quantitative estimate of drug-likeness (QED) is 0.520. The Balaban J connectivity index is 1.87. The summed E-state index contributed by atoms with van der Waals surface area (Å²) < 4.78 is 4.98. The van der Waals surface area contributed by atoms with Gasteiger partial charge in [-0.15, -0.1) is 0 Å². The molecule has 0 bridgehead atoms. The Morgan fingerprint density at radius 1 is 1.44 bits per heavy atom. The first-order chi connectivity index (χ1) is 7.72. The fourth-order valence-electron chi connectivity index (χ4n) is 1.34. The molecule has 0 heterocycles. The molecule has 0 aromatic rings. The predicted molar refractivity (Wildman–Crippen MR) is 63.4 cm³/mol. The van der Waals surface area contributed by atoms with Crippen LogP contribution in [0.15, 0.2) is 0 Å². The van der Waals surface area contributed by atoms with E-state index in [1.807, 2.05) is 7.05 Å². The summed E-state index contributed by atoms with van der Waals surface area (Å²) in [7, 11) is 3.75. The number of likely N-dealkylation sites (N-methyl/N-ethyl adjacent to an activating group) is 1. The Hall–Kier alpha value is -0.650. The number of carbonyl (C=O) groups is 1. The van der Waals surface area contributed by atoms with E-state index >= 15 is 0 Å². The van der Waals surface area contributed by atoms with Gasteiger partial charge in [-0.2, -0.15) is 0 Å². The molecule has 5 heteroatoms. The number of methoxy groups -OCH3 is 1. The first-order valence-electron chi connectivity index (χ1n) is 5.90. The summed E-state index contributed by atoms with van der Waals surface area (Å²) in [5.74, 6) is 0.113. The van der Waals surface area contributed by atoms with Crippen LogP contribution in [0.5, 0.6) is 0 Å². The number of carbonyl (C=O) groups excluding carboxylic acids is 1. The van der Waals surface area contributed by atoms with E-state index in [4.69, 9.17) is 4.74 Å². The second-order valence-electron chi connectivity index (χ2n) is 4.31. The number of amides is 1. The van der Waals surface area contributed by atoms with Crippen LogP contribution in [0.3, 0.4) is 0 Å². The number of nitrogens with zero attached hydrogens (tertiary/aromatic N) is 1. The molecule has 0 atom stereocenters. The lowest BCUT2D eigenvalue weighted by Crippen LogP contribution is -2.38. The Labute approximate surface area is 97.5 Å². The molecule has 0 radical (unpaired) electrons. The first-order valence-corrected chi connectivity index (χ1v) is 5.90. The van der Waals surface area contributed by atoms with Gasteiger partial charge >= 0.3 is 0 Å². The molecule has 5 nitrogen and oxygen atoms in total. The highest BCUT2D eigenvalue weighted by atomic mass is 16.5. The van der Waals surface area contributed by atoms with E-state index in [-0.39, 0.29) is 5.91 Å². The SMILES string of the molecule is COCCN(C)CCNCC(=O)NC1CC1. The summed E-state index contributed by atoms with van der Waals surface area (Å²) in [6.45, 7) is 3.86. The molecule has 1 saturated carbocycles. The van der Waals surface area contributed by atoms with Gasteiger partial charge in [0.05, 0.1) is 13.2 Å². The normalized spacial score (nSPS) is 15.4. The van der Waals surface area contributed by atoms with Gasteiger partial charge in [0, 0.05) is 32.8 Å². The van der Waals surface area contributed by atoms with E-state index in [1.165, 1.54) is 0 Å². The molecular formula is C11H23N3O2. The zero-order chi connectivity index (χ0) is 11.8. The summed E-state index contributed by atoms with van der Waals surface area (Å²) in [5.41, 5.74) is 0. The van der Waals surface area contributed by atoms with Crippen molar-refractivity contribution >= 4 is 5.91 Å². The van der Waals surface area contributed by atoms with Gasteiger partial charge in [-0.3, -0.25) is 4.79 Å². The van der Waals surface area contributed by atoms with Gasteiger partial charge in [-0.1, -0.05) is 0 Å². The van der Waals surface area contributed by atoms with Crippen LogP contribution in [-0.4, -0.2) is 63.8 Å². The van der Waals surface area contributed by atoms with Crippen LogP contribution >= 0.6 is 0 Å². The largest absolute Gasteiger partial charge is 0.383 e. The highest BCUT2D eigenvalue weighted by Gasteiger charge is 2.22. The third-order valence-corrected chi connectivity index (χ3v) is 2.58. The number of hydrogen-bond donors (Lipinski definition) is 2. The molecule has 2 N–H and O–H groups in total. The van der Waals surface area contributed by atoms with Crippen molar-refractivity contribution in [3.05, 3.63) is 0 Å². The standard InChI is InChI=1S/C11H23N3O2/c1-14(7-8-16-2)6-5-12-9-11(15)13-10-3-4-10/h10,12H,3-9H2,1-2H3,(H,13,15). The van der Waals surface area contributed by atoms with Crippen molar-refractivity contribution < 1.29 is 9.53 Å². The van der Waals surface area contributed by atoms with E-state index in [9.17, 15) is 4.79 Å². The monoisotopic (exact) mass is 229 g/mol. The average Bonchev–Trinajstić information content (AvgIpc) is 3.05. The summed E-state index contributed by atoms with van der Waals surface area (Å²) >= 11 is 0. The molecule has 1 amide bonds. The van der Waals surface area contributed by atoms with E-state index in [2.05, 4.69) is 15.5 Å². The predicted octanol–water partition coefficient (Wildman–Crippen LogP) is -0.567. The van der Waals surface area contributed by atoms with Crippen LogP contribution in [0, 0.1) is 0 Å². The van der Waals surface area contributed by atoms with Crippen LogP contribution < -0.4 is 10.6 Å². The van der Waals surface area contributed by atoms with Gasteiger partial charge in [0.2, 0.25) is 5.91 Å². The van der Waals surface area contributed by atoms with Crippen molar-refractivity contribution in [2.75, 3.05) is 46.9 Å². The van der Waals surface area contributed by atoms with Crippen molar-refractivity contribution in [2.24, 2.45) is 0 Å². The molecule has 0 saturated heterocycles. The van der Waals surface area contributed by atoms with E-state index < -0.39 is 0 Å². The van der Waals surface area contributed by atoms with E-state index in [0.717, 1.165) is 39.1 Å². The van der Waals surface area contributed by atoms with Crippen molar-refractivity contribution in [1.29, 1.82) is 0 Å². The molecule has 1 aliphatic rings. The highest BCUT2D eigenvalue weighted by molar-refractivity contribution is 5.78. The maximum Gasteiger partial charge on any atom is 0.234 e. The first kappa shape index (κ1) is 13.4. The lowest BCUT2D eigenvalue weighted by molar-refractivity contribution is -0.120. The molecule has 0 aliphatic heterocycles. The van der Waals surface area contributed by atoms with Gasteiger partial charge in [-0.25, -0.2) is 0 Å². The topological polar surface area (TPSA) is 53.6 Å². The van der Waals surface area contributed by atoms with Gasteiger partial charge in [-0.05, 0) is 19.9 Å². The minimum atomic E-state index is 0.113. The Morgan fingerprint density at radius 2 is 2.19 bits per heavy atom. The minimum absolute atomic E-state index is 0.113. The van der Waals surface area contributed by atoms with Crippen molar-refractivity contribution in [3.63, 3.8) is 0 Å². The molecule has 1 fully saturated rings. The zero-order valence-corrected chi connectivity index (χ0v) is 10.3. The van der Waals surface area contributed by atoms with Gasteiger partial charge in [0.25, 0.3) is 0 Å². The lowest BCUT2D eigenvalue weighted by atomic mass is 10.5. The third-order valence-electron chi connectivity index (χ3n) is 2.58. The summed E-state index contributed by atoms with van der Waals surface area (Å²) in [6.07, 6.45) is 2.29. The van der Waals surface area contributed by atoms with Crippen LogP contribution in [0.1, 0.15) is 12.8 Å². The molecule has 1 rings (SSSR count). The summed E-state index contributed by atoms with van der Waals surface area (Å²) in [4.78, 5) is 13.5. The van der Waals surface area contributed by atoms with Gasteiger partial charge in [0.1, 0.15) is 0 Å². The van der Waals surface area contributed by atoms with Gasteiger partial charge < -0.3 is 20.3 Å². The van der Waals surface area contributed by atoms with Crippen LogP contribution in [0.25, 0.3) is 0 Å². The Bertz CT molecular complexity index is 207. The molecule has 0 spiro atoms. The minimum Gasteiger partial charge on any atom is -0.383 e. The molecule has 1 aliphatic carbocycles. The highest BCUT2D eigenvalue weighted by Crippen LogP contribution is 2.17. The van der Waals surface area contributed by atoms with Gasteiger partial charge in [0.15, 0.2) is 0 Å². The van der Waals surface area contributed by atoms with E-state index in [1.54, 1.807) is 7.11 Å². The summed E-state index contributed by atoms with van der Waals surface area (Å²) in [5, 5.41) is 6.07. The van der Waals surface area contributed by atoms with Crippen LogP contribution in [-0.2, 0) is 9.53 Å².